The van der Waals surface area contributed by atoms with E-state index in [0.29, 0.717) is 11.3 Å². The van der Waals surface area contributed by atoms with Gasteiger partial charge in [-0.3, -0.25) is 14.4 Å². The van der Waals surface area contributed by atoms with Gasteiger partial charge in [0, 0.05) is 10.5 Å². The molecule has 0 fully saturated rings. The summed E-state index contributed by atoms with van der Waals surface area (Å²) in [5, 5.41) is 2.52. The van der Waals surface area contributed by atoms with Gasteiger partial charge in [0.25, 0.3) is 11.8 Å². The third-order valence-corrected chi connectivity index (χ3v) is 6.41. The Hall–Kier alpha value is -3.58. The number of carbonyl (C=O) groups is 3. The molecule has 1 heterocycles. The Labute approximate surface area is 184 Å². The lowest BCUT2D eigenvalue weighted by atomic mass is 10.0. The van der Waals surface area contributed by atoms with E-state index in [2.05, 4.69) is 5.32 Å². The van der Waals surface area contributed by atoms with Crippen LogP contribution in [0.4, 0.5) is 5.69 Å². The largest absolute Gasteiger partial charge is 0.368 e. The second kappa shape index (κ2) is 9.06. The number of para-hydroxylation sites is 1. The van der Waals surface area contributed by atoms with Crippen LogP contribution in [0.2, 0.25) is 0 Å². The van der Waals surface area contributed by atoms with Crippen LogP contribution in [-0.4, -0.2) is 30.3 Å². The number of nitrogens with zero attached hydrogens (tertiary/aromatic N) is 1. The first-order valence-electron chi connectivity index (χ1n) is 9.81. The number of carbonyl (C=O) groups excluding carboxylic acids is 3. The predicted molar refractivity (Wildman–Crippen MR) is 121 cm³/mol. The summed E-state index contributed by atoms with van der Waals surface area (Å²) in [5.41, 5.74) is 7.41. The van der Waals surface area contributed by atoms with Crippen LogP contribution in [0.5, 0.6) is 0 Å². The lowest BCUT2D eigenvalue weighted by molar-refractivity contribution is -0.123. The van der Waals surface area contributed by atoms with Gasteiger partial charge >= 0.3 is 0 Å². The molecule has 3 N–H and O–H groups in total. The van der Waals surface area contributed by atoms with E-state index >= 15 is 0 Å². The van der Waals surface area contributed by atoms with Gasteiger partial charge in [-0.05, 0) is 29.8 Å². The molecule has 7 heteroatoms. The normalized spacial score (nSPS) is 18.1. The zero-order valence-corrected chi connectivity index (χ0v) is 17.4. The highest BCUT2D eigenvalue weighted by atomic mass is 32.2. The minimum atomic E-state index is -0.896. The van der Waals surface area contributed by atoms with Crippen LogP contribution in [0.15, 0.2) is 89.8 Å². The van der Waals surface area contributed by atoms with Crippen molar-refractivity contribution in [3.8, 4) is 0 Å². The quantitative estimate of drug-likeness (QED) is 0.649. The Bertz CT molecular complexity index is 1110. The lowest BCUT2D eigenvalue weighted by Crippen LogP contribution is -2.52. The summed E-state index contributed by atoms with van der Waals surface area (Å²) in [4.78, 5) is 40.6. The second-order valence-corrected chi connectivity index (χ2v) is 8.31. The number of hydrogen-bond donors (Lipinski definition) is 2. The number of benzene rings is 3. The van der Waals surface area contributed by atoms with Crippen LogP contribution < -0.4 is 16.0 Å². The van der Waals surface area contributed by atoms with E-state index in [1.807, 2.05) is 48.5 Å². The zero-order valence-electron chi connectivity index (χ0n) is 16.6. The fourth-order valence-corrected chi connectivity index (χ4v) is 4.92. The van der Waals surface area contributed by atoms with E-state index < -0.39 is 11.9 Å². The number of amides is 3. The fraction of sp³-hybridized carbons (Fsp3) is 0.125. The predicted octanol–water partition coefficient (Wildman–Crippen LogP) is 3.15. The molecule has 0 radical (unpaired) electrons. The average Bonchev–Trinajstić information content (AvgIpc) is 2.90. The molecule has 0 spiro atoms. The van der Waals surface area contributed by atoms with Crippen molar-refractivity contribution >= 4 is 35.2 Å². The van der Waals surface area contributed by atoms with Crippen LogP contribution in [0.1, 0.15) is 21.2 Å². The van der Waals surface area contributed by atoms with Gasteiger partial charge in [0.15, 0.2) is 0 Å². The molecule has 0 bridgehead atoms. The standard InChI is InChI=1S/C24H21N3O3S/c25-20(28)15-27-18-13-7-8-14-19(18)31-22(16-9-3-1-4-10-16)21(24(27)30)26-23(29)17-11-5-2-6-12-17/h1-14,21-22H,15H2,(H2,25,28)(H,26,29)/t21-,22-/m0/s1. The zero-order chi connectivity index (χ0) is 21.8. The molecule has 6 nitrogen and oxygen atoms in total. The molecule has 3 aromatic rings. The number of thioether (sulfide) groups is 1. The summed E-state index contributed by atoms with van der Waals surface area (Å²) in [5.74, 6) is -1.36. The van der Waals surface area contributed by atoms with Gasteiger partial charge in [-0.1, -0.05) is 60.7 Å². The molecule has 0 saturated carbocycles. The van der Waals surface area contributed by atoms with Crippen molar-refractivity contribution in [1.29, 1.82) is 0 Å². The topological polar surface area (TPSA) is 92.5 Å². The van der Waals surface area contributed by atoms with E-state index in [9.17, 15) is 14.4 Å². The highest BCUT2D eigenvalue weighted by Crippen LogP contribution is 2.45. The Morgan fingerprint density at radius 2 is 1.52 bits per heavy atom. The van der Waals surface area contributed by atoms with Gasteiger partial charge < -0.3 is 16.0 Å². The number of rotatable bonds is 5. The van der Waals surface area contributed by atoms with Crippen LogP contribution in [0, 0.1) is 0 Å². The monoisotopic (exact) mass is 431 g/mol. The molecule has 3 aromatic carbocycles. The van der Waals surface area contributed by atoms with E-state index in [4.69, 9.17) is 5.73 Å². The summed E-state index contributed by atoms with van der Waals surface area (Å²) in [6.07, 6.45) is 0. The van der Waals surface area contributed by atoms with E-state index in [1.165, 1.54) is 16.7 Å². The summed E-state index contributed by atoms with van der Waals surface area (Å²) >= 11 is 1.48. The van der Waals surface area contributed by atoms with Crippen molar-refractivity contribution in [2.24, 2.45) is 5.73 Å². The van der Waals surface area contributed by atoms with Gasteiger partial charge in [-0.15, -0.1) is 11.8 Å². The molecule has 3 amide bonds. The number of nitrogens with two attached hydrogens (primary N) is 1. The SMILES string of the molecule is NC(=O)CN1C(=O)[C@@H](NC(=O)c2ccccc2)[C@H](c2ccccc2)Sc2ccccc21. The molecule has 4 rings (SSSR count). The highest BCUT2D eigenvalue weighted by Gasteiger charge is 2.39. The first-order valence-corrected chi connectivity index (χ1v) is 10.7. The Morgan fingerprint density at radius 1 is 0.903 bits per heavy atom. The van der Waals surface area contributed by atoms with Crippen LogP contribution in [0.25, 0.3) is 0 Å². The first kappa shape index (κ1) is 20.7. The number of nitrogens with one attached hydrogen (secondary N) is 1. The molecule has 0 unspecified atom stereocenters. The van der Waals surface area contributed by atoms with Crippen molar-refractivity contribution in [2.45, 2.75) is 16.2 Å². The van der Waals surface area contributed by atoms with Crippen LogP contribution >= 0.6 is 11.8 Å². The maximum absolute atomic E-state index is 13.7. The molecule has 2 atom stereocenters. The van der Waals surface area contributed by atoms with Crippen molar-refractivity contribution in [3.05, 3.63) is 96.1 Å². The number of hydrogen-bond acceptors (Lipinski definition) is 4. The molecule has 0 aromatic heterocycles. The summed E-state index contributed by atoms with van der Waals surface area (Å²) in [6, 6.07) is 24.8. The van der Waals surface area contributed by atoms with Gasteiger partial charge in [0.2, 0.25) is 5.91 Å². The number of anilines is 1. The molecule has 0 saturated heterocycles. The molecule has 31 heavy (non-hydrogen) atoms. The van der Waals surface area contributed by atoms with E-state index in [-0.39, 0.29) is 23.6 Å². The Morgan fingerprint density at radius 3 is 2.19 bits per heavy atom. The van der Waals surface area contributed by atoms with Crippen molar-refractivity contribution in [3.63, 3.8) is 0 Å². The average molecular weight is 432 g/mol. The van der Waals surface area contributed by atoms with E-state index in [1.54, 1.807) is 36.4 Å². The minimum absolute atomic E-state index is 0.268. The minimum Gasteiger partial charge on any atom is -0.368 e. The van der Waals surface area contributed by atoms with Crippen molar-refractivity contribution in [2.75, 3.05) is 11.4 Å². The third-order valence-electron chi connectivity index (χ3n) is 5.01. The lowest BCUT2D eigenvalue weighted by Gasteiger charge is -2.28. The summed E-state index contributed by atoms with van der Waals surface area (Å²) in [7, 11) is 0. The Kier molecular flexibility index (Phi) is 6.04. The molecule has 0 aliphatic carbocycles. The van der Waals surface area contributed by atoms with Gasteiger partial charge in [0.1, 0.15) is 12.6 Å². The van der Waals surface area contributed by atoms with Gasteiger partial charge in [-0.2, -0.15) is 0 Å². The van der Waals surface area contributed by atoms with Crippen LogP contribution in [0.3, 0.4) is 0 Å². The Balaban J connectivity index is 1.79. The van der Waals surface area contributed by atoms with Crippen LogP contribution in [-0.2, 0) is 9.59 Å². The van der Waals surface area contributed by atoms with Crippen molar-refractivity contribution in [1.82, 2.24) is 5.32 Å². The second-order valence-electron chi connectivity index (χ2n) is 7.12. The third kappa shape index (κ3) is 4.46. The highest BCUT2D eigenvalue weighted by molar-refractivity contribution is 7.99. The first-order chi connectivity index (χ1) is 15.0. The van der Waals surface area contributed by atoms with Gasteiger partial charge in [-0.25, -0.2) is 0 Å². The number of fused-ring (bicyclic) bond motifs is 1. The smallest absolute Gasteiger partial charge is 0.251 e. The maximum atomic E-state index is 13.7. The molecular formula is C24H21N3O3S. The van der Waals surface area contributed by atoms with Crippen molar-refractivity contribution < 1.29 is 14.4 Å². The molecule has 156 valence electrons. The maximum Gasteiger partial charge on any atom is 0.251 e. The molecule has 1 aliphatic rings. The summed E-state index contributed by atoms with van der Waals surface area (Å²) in [6.45, 7) is -0.268. The van der Waals surface area contributed by atoms with Gasteiger partial charge in [0.05, 0.1) is 10.9 Å². The molecular weight excluding hydrogens is 410 g/mol. The van der Waals surface area contributed by atoms with E-state index in [0.717, 1.165) is 10.5 Å². The fourth-order valence-electron chi connectivity index (χ4n) is 3.57. The number of primary amides is 1. The molecule has 1 aliphatic heterocycles. The summed E-state index contributed by atoms with van der Waals surface area (Å²) < 4.78 is 0.